The fourth-order valence-electron chi connectivity index (χ4n) is 8.56. The second-order valence-electron chi connectivity index (χ2n) is 17.7. The Labute approximate surface area is 407 Å². The number of rotatable bonds is 29. The van der Waals surface area contributed by atoms with Crippen LogP contribution in [0.25, 0.3) is 0 Å². The van der Waals surface area contributed by atoms with Crippen molar-refractivity contribution < 1.29 is 48.6 Å². The number of carbonyl (C=O) groups is 8. The average Bonchev–Trinajstić information content (AvgIpc) is 4.05. The van der Waals surface area contributed by atoms with Crippen molar-refractivity contribution in [1.82, 2.24) is 36.1 Å². The second kappa shape index (κ2) is 28.7. The maximum Gasteiger partial charge on any atom is 0.326 e. The standard InChI is InChI=1S/C47H71N13O10/c1-29(61)40(57-39(63)20-7-3-6-19-37(62)34(27-30-13-4-2-5-14-30)56-41(64)31-21-22-38(58-51)53-28-31)43(66)54-32(15-8-9-23-48)44(67)60-26-12-18-36(60)45(68)59-25-11-17-35(59)42(65)55-33(46(69)70)16-10-24-52-47(49)50/h2,4-5,13-14,21-22,28-29,32-36,40,61H,3,6-12,15-20,23-27,48,51H2,1H3,(H,53,58)(H,54,66)(H,55,65)(H,56,64)(H,57,63)(H,69,70)(H4,49,50,52). The molecule has 2 saturated heterocycles. The number of aliphatic imine (C=N–C) groups is 1. The number of anilines is 1. The van der Waals surface area contributed by atoms with E-state index < -0.39 is 83.8 Å². The zero-order valence-corrected chi connectivity index (χ0v) is 39.9. The molecule has 15 N–H and O–H groups in total. The summed E-state index contributed by atoms with van der Waals surface area (Å²) in [4.78, 5) is 118. The second-order valence-corrected chi connectivity index (χ2v) is 17.7. The fourth-order valence-corrected chi connectivity index (χ4v) is 8.56. The number of benzene rings is 1. The number of likely N-dealkylation sites (tertiary alicyclic amines) is 2. The Morgan fingerprint density at radius 3 is 2.11 bits per heavy atom. The third-order valence-electron chi connectivity index (χ3n) is 12.3. The molecule has 23 nitrogen and oxygen atoms in total. The van der Waals surface area contributed by atoms with Gasteiger partial charge in [-0.2, -0.15) is 0 Å². The van der Waals surface area contributed by atoms with Gasteiger partial charge in [-0.3, -0.25) is 38.6 Å². The van der Waals surface area contributed by atoms with E-state index in [0.717, 1.165) is 5.56 Å². The van der Waals surface area contributed by atoms with Crippen molar-refractivity contribution in [2.24, 2.45) is 28.0 Å². The normalized spacial score (nSPS) is 17.5. The molecule has 2 fully saturated rings. The number of carboxylic acids is 1. The predicted molar refractivity (Wildman–Crippen MR) is 259 cm³/mol. The van der Waals surface area contributed by atoms with Gasteiger partial charge in [-0.25, -0.2) is 15.6 Å². The van der Waals surface area contributed by atoms with Crippen LogP contribution in [-0.2, 0) is 40.0 Å². The minimum atomic E-state index is -1.43. The van der Waals surface area contributed by atoms with Crippen molar-refractivity contribution in [3.63, 3.8) is 0 Å². The molecule has 0 saturated carbocycles. The number of ketones is 1. The molecule has 23 heteroatoms. The maximum atomic E-state index is 14.3. The van der Waals surface area contributed by atoms with E-state index in [9.17, 15) is 48.6 Å². The van der Waals surface area contributed by atoms with Gasteiger partial charge in [0.2, 0.25) is 29.5 Å². The lowest BCUT2D eigenvalue weighted by molar-refractivity contribution is -0.149. The minimum Gasteiger partial charge on any atom is -0.480 e. The van der Waals surface area contributed by atoms with E-state index >= 15 is 0 Å². The van der Waals surface area contributed by atoms with E-state index in [2.05, 4.69) is 36.7 Å². The number of guanidine groups is 1. The maximum absolute atomic E-state index is 14.3. The number of Topliss-reactive ketones (excluding diaryl/α,β-unsaturated/α-hetero) is 1. The predicted octanol–water partition coefficient (Wildman–Crippen LogP) is -0.688. The molecule has 1 aromatic heterocycles. The van der Waals surface area contributed by atoms with Crippen molar-refractivity contribution >= 4 is 59.0 Å². The number of aliphatic hydroxyl groups excluding tert-OH is 1. The molecule has 70 heavy (non-hydrogen) atoms. The molecule has 7 atom stereocenters. The van der Waals surface area contributed by atoms with Crippen LogP contribution in [0.3, 0.4) is 0 Å². The van der Waals surface area contributed by atoms with Crippen molar-refractivity contribution in [2.45, 2.75) is 146 Å². The topological polar surface area (TPSA) is 373 Å². The van der Waals surface area contributed by atoms with Crippen LogP contribution in [0.5, 0.6) is 0 Å². The number of hydrazine groups is 1. The molecule has 4 rings (SSSR count). The van der Waals surface area contributed by atoms with E-state index in [1.807, 2.05) is 30.3 Å². The van der Waals surface area contributed by atoms with Crippen molar-refractivity contribution in [2.75, 3.05) is 31.6 Å². The van der Waals surface area contributed by atoms with E-state index in [0.29, 0.717) is 70.2 Å². The smallest absolute Gasteiger partial charge is 0.326 e. The van der Waals surface area contributed by atoms with E-state index in [1.165, 1.54) is 35.1 Å². The molecule has 2 aromatic rings. The number of nitrogens with two attached hydrogens (primary N) is 4. The third-order valence-corrected chi connectivity index (χ3v) is 12.3. The Morgan fingerprint density at radius 2 is 1.47 bits per heavy atom. The van der Waals surface area contributed by atoms with Crippen molar-refractivity contribution in [1.29, 1.82) is 0 Å². The summed E-state index contributed by atoms with van der Waals surface area (Å²) in [5.41, 5.74) is 19.9. The molecular weight excluding hydrogens is 907 g/mol. The largest absolute Gasteiger partial charge is 0.480 e. The molecule has 384 valence electrons. The Bertz CT molecular complexity index is 2110. The minimum absolute atomic E-state index is 0.0299. The number of hydrogen-bond donors (Lipinski definition) is 11. The number of hydrogen-bond acceptors (Lipinski definition) is 14. The van der Waals surface area contributed by atoms with E-state index in [-0.39, 0.29) is 75.5 Å². The molecule has 7 unspecified atom stereocenters. The summed E-state index contributed by atoms with van der Waals surface area (Å²) in [5.74, 6) is 0.720. The van der Waals surface area contributed by atoms with Crippen molar-refractivity contribution in [3.05, 3.63) is 59.8 Å². The average molecular weight is 978 g/mol. The van der Waals surface area contributed by atoms with Gasteiger partial charge in [0, 0.05) is 38.7 Å². The summed E-state index contributed by atoms with van der Waals surface area (Å²) < 4.78 is 0. The van der Waals surface area contributed by atoms with Crippen LogP contribution >= 0.6 is 0 Å². The van der Waals surface area contributed by atoms with Gasteiger partial charge in [0.25, 0.3) is 5.91 Å². The van der Waals surface area contributed by atoms with Crippen molar-refractivity contribution in [3.8, 4) is 0 Å². The molecule has 0 radical (unpaired) electrons. The number of nitrogens with zero attached hydrogens (tertiary/aromatic N) is 4. The molecule has 0 aliphatic carbocycles. The van der Waals surface area contributed by atoms with Gasteiger partial charge in [-0.1, -0.05) is 36.8 Å². The van der Waals surface area contributed by atoms with E-state index in [4.69, 9.17) is 23.0 Å². The van der Waals surface area contributed by atoms with Gasteiger partial charge in [-0.05, 0) is 108 Å². The third kappa shape index (κ3) is 17.4. The van der Waals surface area contributed by atoms with Crippen LogP contribution in [-0.4, -0.2) is 147 Å². The number of aromatic nitrogens is 1. The molecule has 6 amide bonds. The monoisotopic (exact) mass is 978 g/mol. The zero-order chi connectivity index (χ0) is 51.2. The van der Waals surface area contributed by atoms with E-state index in [1.54, 1.807) is 0 Å². The summed E-state index contributed by atoms with van der Waals surface area (Å²) in [6.45, 7) is 2.25. The van der Waals surface area contributed by atoms with Crippen LogP contribution in [0.15, 0.2) is 53.7 Å². The SMILES string of the molecule is CC(O)C(NC(=O)CCCCCC(=O)C(Cc1ccccc1)NC(=O)c1ccc(NN)nc1)C(=O)NC(CCCCN)C(=O)N1CCCC1C(=O)N1CCCC1C(=O)NC(CCCN=C(N)N)C(=O)O. The molecular formula is C47H71N13O10. The number of aliphatic hydroxyl groups is 1. The highest BCUT2D eigenvalue weighted by molar-refractivity contribution is 5.98. The summed E-state index contributed by atoms with van der Waals surface area (Å²) in [5, 5.41) is 31.1. The summed E-state index contributed by atoms with van der Waals surface area (Å²) in [6.07, 6.45) is 4.59. The first-order valence-corrected chi connectivity index (χ1v) is 24.0. The summed E-state index contributed by atoms with van der Waals surface area (Å²) in [6, 6.07) is 5.80. The first kappa shape index (κ1) is 55.9. The lowest BCUT2D eigenvalue weighted by Gasteiger charge is -2.33. The van der Waals surface area contributed by atoms with Gasteiger partial charge in [0.1, 0.15) is 36.0 Å². The van der Waals surface area contributed by atoms with Crippen LogP contribution in [0, 0.1) is 0 Å². The molecule has 1 aromatic carbocycles. The lowest BCUT2D eigenvalue weighted by atomic mass is 9.98. The zero-order valence-electron chi connectivity index (χ0n) is 39.9. The molecule has 3 heterocycles. The quantitative estimate of drug-likeness (QED) is 0.0158. The number of carbonyl (C=O) groups excluding carboxylic acids is 7. The number of unbranched alkanes of at least 4 members (excludes halogenated alkanes) is 3. The van der Waals surface area contributed by atoms with Gasteiger partial charge in [-0.15, -0.1) is 0 Å². The number of nitrogen functional groups attached to an aromatic ring is 1. The Morgan fingerprint density at radius 1 is 0.786 bits per heavy atom. The summed E-state index contributed by atoms with van der Waals surface area (Å²) >= 11 is 0. The first-order valence-electron chi connectivity index (χ1n) is 24.0. The van der Waals surface area contributed by atoms with Crippen LogP contribution in [0.4, 0.5) is 5.82 Å². The number of pyridine rings is 1. The van der Waals surface area contributed by atoms with Gasteiger partial charge < -0.3 is 63.9 Å². The highest BCUT2D eigenvalue weighted by Crippen LogP contribution is 2.27. The number of aliphatic carboxylic acids is 1. The Hall–Kier alpha value is -6.72. The number of carboxylic acid groups (broad SMARTS) is 1. The number of nitrogens with one attached hydrogen (secondary N) is 5. The molecule has 0 spiro atoms. The van der Waals surface area contributed by atoms with Crippen LogP contribution < -0.4 is 49.7 Å². The Kier molecular flexibility index (Phi) is 22.9. The highest BCUT2D eigenvalue weighted by Gasteiger charge is 2.44. The van der Waals surface area contributed by atoms with Gasteiger partial charge in [0.05, 0.1) is 17.7 Å². The van der Waals surface area contributed by atoms with Gasteiger partial charge in [0.15, 0.2) is 11.7 Å². The fraction of sp³-hybridized carbons (Fsp3) is 0.574. The molecule has 0 bridgehead atoms. The van der Waals surface area contributed by atoms with Gasteiger partial charge >= 0.3 is 5.97 Å². The molecule has 2 aliphatic heterocycles. The van der Waals surface area contributed by atoms with Crippen LogP contribution in [0.1, 0.15) is 113 Å². The Balaban J connectivity index is 1.32. The highest BCUT2D eigenvalue weighted by atomic mass is 16.4. The lowest BCUT2D eigenvalue weighted by Crippen LogP contribution is -2.59. The first-order chi connectivity index (χ1) is 33.5. The number of amides is 6. The van der Waals surface area contributed by atoms with Crippen LogP contribution in [0.2, 0.25) is 0 Å². The summed E-state index contributed by atoms with van der Waals surface area (Å²) in [7, 11) is 0. The molecule has 2 aliphatic rings.